The summed E-state index contributed by atoms with van der Waals surface area (Å²) < 4.78 is 28.9. The fraction of sp³-hybridized carbons (Fsp3) is 0.0952. The van der Waals surface area contributed by atoms with Crippen molar-refractivity contribution in [3.63, 3.8) is 0 Å². The number of anilines is 1. The van der Waals surface area contributed by atoms with Crippen molar-refractivity contribution in [2.45, 2.75) is 12.1 Å². The first-order valence-electron chi connectivity index (χ1n) is 8.98. The van der Waals surface area contributed by atoms with Crippen molar-refractivity contribution in [1.82, 2.24) is 9.55 Å². The lowest BCUT2D eigenvalue weighted by molar-refractivity contribution is -0.113. The number of nitrogens with zero attached hydrogens (tertiary/aromatic N) is 2. The van der Waals surface area contributed by atoms with Gasteiger partial charge in [-0.3, -0.25) is 14.2 Å². The van der Waals surface area contributed by atoms with E-state index in [0.29, 0.717) is 21.5 Å². The first kappa shape index (κ1) is 21.5. The lowest BCUT2D eigenvalue weighted by Crippen LogP contribution is -2.23. The van der Waals surface area contributed by atoms with Crippen molar-refractivity contribution in [2.24, 2.45) is 0 Å². The first-order valence-corrected chi connectivity index (χ1v) is 11.2. The van der Waals surface area contributed by atoms with E-state index in [9.17, 15) is 18.4 Å². The summed E-state index contributed by atoms with van der Waals surface area (Å²) in [4.78, 5) is 30.1. The summed E-state index contributed by atoms with van der Waals surface area (Å²) in [6.07, 6.45) is 0. The number of rotatable bonds is 5. The molecule has 1 amide bonds. The monoisotopic (exact) mass is 477 g/mol. The van der Waals surface area contributed by atoms with Crippen molar-refractivity contribution in [2.75, 3.05) is 11.1 Å². The van der Waals surface area contributed by atoms with Gasteiger partial charge in [-0.25, -0.2) is 13.8 Å². The summed E-state index contributed by atoms with van der Waals surface area (Å²) in [7, 11) is 0. The molecular formula is C21H14ClF2N3O2S2. The number of hydrogen-bond donors (Lipinski definition) is 1. The van der Waals surface area contributed by atoms with Crippen LogP contribution in [0.25, 0.3) is 15.9 Å². The molecule has 0 saturated carbocycles. The molecule has 0 unspecified atom stereocenters. The molecule has 0 aliphatic rings. The van der Waals surface area contributed by atoms with E-state index in [1.807, 2.05) is 0 Å². The molecule has 2 aromatic carbocycles. The number of thioether (sulfide) groups is 1. The van der Waals surface area contributed by atoms with Gasteiger partial charge in [-0.2, -0.15) is 0 Å². The highest BCUT2D eigenvalue weighted by atomic mass is 35.5. The van der Waals surface area contributed by atoms with Crippen LogP contribution in [0.3, 0.4) is 0 Å². The molecule has 0 atom stereocenters. The highest BCUT2D eigenvalue weighted by Crippen LogP contribution is 2.26. The van der Waals surface area contributed by atoms with E-state index in [1.54, 1.807) is 18.4 Å². The predicted octanol–water partition coefficient (Wildman–Crippen LogP) is 5.42. The summed E-state index contributed by atoms with van der Waals surface area (Å²) in [6, 6.07) is 9.48. The molecule has 0 spiro atoms. The molecule has 5 nitrogen and oxygen atoms in total. The summed E-state index contributed by atoms with van der Waals surface area (Å²) in [5.74, 6) is -1.49. The van der Waals surface area contributed by atoms with Crippen molar-refractivity contribution >= 4 is 56.5 Å². The molecule has 0 aliphatic heterocycles. The van der Waals surface area contributed by atoms with E-state index in [-0.39, 0.29) is 27.2 Å². The van der Waals surface area contributed by atoms with Crippen LogP contribution < -0.4 is 10.9 Å². The second-order valence-electron chi connectivity index (χ2n) is 6.56. The highest BCUT2D eigenvalue weighted by Gasteiger charge is 2.17. The van der Waals surface area contributed by atoms with Gasteiger partial charge >= 0.3 is 0 Å². The van der Waals surface area contributed by atoms with Gasteiger partial charge in [-0.1, -0.05) is 23.4 Å². The van der Waals surface area contributed by atoms with Crippen LogP contribution in [0.5, 0.6) is 0 Å². The Morgan fingerprint density at radius 1 is 1.19 bits per heavy atom. The van der Waals surface area contributed by atoms with E-state index in [0.717, 1.165) is 17.8 Å². The van der Waals surface area contributed by atoms with E-state index < -0.39 is 17.5 Å². The molecule has 0 aliphatic carbocycles. The number of halogens is 3. The molecule has 158 valence electrons. The molecular weight excluding hydrogens is 464 g/mol. The number of thiophene rings is 1. The van der Waals surface area contributed by atoms with Crippen molar-refractivity contribution in [3.05, 3.63) is 80.4 Å². The van der Waals surface area contributed by atoms with E-state index in [4.69, 9.17) is 11.6 Å². The number of amides is 1. The van der Waals surface area contributed by atoms with Crippen LogP contribution in [0.4, 0.5) is 14.5 Å². The minimum atomic E-state index is -0.530. The first-order chi connectivity index (χ1) is 14.8. The number of aryl methyl sites for hydroxylation is 1. The lowest BCUT2D eigenvalue weighted by Gasteiger charge is -2.14. The summed E-state index contributed by atoms with van der Waals surface area (Å²) in [5.41, 5.74) is 1.40. The second-order valence-corrected chi connectivity index (χ2v) is 8.83. The van der Waals surface area contributed by atoms with Gasteiger partial charge < -0.3 is 5.32 Å². The SMILES string of the molecule is Cc1cc(F)ccc1-n1c(SCC(=O)Nc2cc(F)ccc2Cl)nc2ccsc2c1=O. The third-order valence-electron chi connectivity index (χ3n) is 4.38. The van der Waals surface area contributed by atoms with E-state index >= 15 is 0 Å². The van der Waals surface area contributed by atoms with Gasteiger partial charge in [-0.15, -0.1) is 11.3 Å². The maximum absolute atomic E-state index is 13.6. The fourth-order valence-corrected chi connectivity index (χ4v) is 4.71. The molecule has 4 aromatic rings. The Labute approximate surface area is 188 Å². The third kappa shape index (κ3) is 4.48. The topological polar surface area (TPSA) is 64.0 Å². The quantitative estimate of drug-likeness (QED) is 0.308. The molecule has 4 rings (SSSR count). The number of aromatic nitrogens is 2. The standard InChI is InChI=1S/C21H14ClF2N3O2S2/c1-11-8-12(23)3-5-17(11)27-20(29)19-15(6-7-30-19)26-21(27)31-10-18(28)25-16-9-13(24)2-4-14(16)22/h2-9H,10H2,1H3,(H,25,28). The average Bonchev–Trinajstić information content (AvgIpc) is 3.19. The maximum atomic E-state index is 13.6. The molecule has 0 bridgehead atoms. The molecule has 1 N–H and O–H groups in total. The van der Waals surface area contributed by atoms with Crippen LogP contribution in [0, 0.1) is 18.6 Å². The van der Waals surface area contributed by atoms with E-state index in [2.05, 4.69) is 10.3 Å². The number of fused-ring (bicyclic) bond motifs is 1. The van der Waals surface area contributed by atoms with Crippen molar-refractivity contribution < 1.29 is 13.6 Å². The summed E-state index contributed by atoms with van der Waals surface area (Å²) in [5, 5.41) is 4.80. The van der Waals surface area contributed by atoms with Gasteiger partial charge in [0, 0.05) is 0 Å². The molecule has 10 heteroatoms. The van der Waals surface area contributed by atoms with Gasteiger partial charge in [-0.05, 0) is 60.3 Å². The third-order valence-corrected chi connectivity index (χ3v) is 6.54. The average molecular weight is 478 g/mol. The Kier molecular flexibility index (Phi) is 6.08. The minimum Gasteiger partial charge on any atom is -0.324 e. The fourth-order valence-electron chi connectivity index (χ4n) is 2.98. The number of carbonyl (C=O) groups excluding carboxylic acids is 1. The lowest BCUT2D eigenvalue weighted by atomic mass is 10.2. The minimum absolute atomic E-state index is 0.102. The Hall–Kier alpha value is -2.75. The normalized spacial score (nSPS) is 11.1. The zero-order valence-corrected chi connectivity index (χ0v) is 18.4. The van der Waals surface area contributed by atoms with E-state index in [1.165, 1.54) is 46.2 Å². The Bertz CT molecular complexity index is 1370. The van der Waals surface area contributed by atoms with Gasteiger partial charge in [0.05, 0.1) is 27.7 Å². The van der Waals surface area contributed by atoms with Crippen LogP contribution >= 0.6 is 34.7 Å². The Morgan fingerprint density at radius 2 is 1.94 bits per heavy atom. The highest BCUT2D eigenvalue weighted by molar-refractivity contribution is 7.99. The smallest absolute Gasteiger partial charge is 0.276 e. The van der Waals surface area contributed by atoms with Gasteiger partial charge in [0.15, 0.2) is 5.16 Å². The van der Waals surface area contributed by atoms with Gasteiger partial charge in [0.2, 0.25) is 5.91 Å². The van der Waals surface area contributed by atoms with Crippen molar-refractivity contribution in [3.8, 4) is 5.69 Å². The number of nitrogens with one attached hydrogen (secondary N) is 1. The van der Waals surface area contributed by atoms with Crippen molar-refractivity contribution in [1.29, 1.82) is 0 Å². The summed E-state index contributed by atoms with van der Waals surface area (Å²) in [6.45, 7) is 1.69. The van der Waals surface area contributed by atoms with Gasteiger partial charge in [0.1, 0.15) is 16.3 Å². The molecule has 2 heterocycles. The Morgan fingerprint density at radius 3 is 2.71 bits per heavy atom. The largest absolute Gasteiger partial charge is 0.324 e. The van der Waals surface area contributed by atoms with Crippen LogP contribution in [0.2, 0.25) is 5.02 Å². The predicted molar refractivity (Wildman–Crippen MR) is 121 cm³/mol. The molecule has 0 saturated heterocycles. The molecule has 0 radical (unpaired) electrons. The number of carbonyl (C=O) groups is 1. The van der Waals surface area contributed by atoms with Crippen LogP contribution in [0.15, 0.2) is 57.8 Å². The van der Waals surface area contributed by atoms with Crippen LogP contribution in [0.1, 0.15) is 5.56 Å². The molecule has 0 fully saturated rings. The molecule has 31 heavy (non-hydrogen) atoms. The maximum Gasteiger partial charge on any atom is 0.276 e. The van der Waals surface area contributed by atoms with Crippen LogP contribution in [-0.2, 0) is 4.79 Å². The molecule has 2 aromatic heterocycles. The van der Waals surface area contributed by atoms with Crippen LogP contribution in [-0.4, -0.2) is 21.2 Å². The zero-order valence-electron chi connectivity index (χ0n) is 16.0. The van der Waals surface area contributed by atoms with Gasteiger partial charge in [0.25, 0.3) is 5.56 Å². The zero-order chi connectivity index (χ0) is 22.1. The number of hydrogen-bond acceptors (Lipinski definition) is 5. The number of benzene rings is 2. The Balaban J connectivity index is 1.67. The second kappa shape index (κ2) is 8.78. The summed E-state index contributed by atoms with van der Waals surface area (Å²) >= 11 is 8.29.